The molecule has 4 bridgehead atoms. The van der Waals surface area contributed by atoms with Crippen molar-refractivity contribution in [3.8, 4) is 22.5 Å². The van der Waals surface area contributed by atoms with Crippen LogP contribution in [0, 0.1) is 0 Å². The molecule has 2 aliphatic heterocycles. The molecule has 7 rings (SSSR count). The minimum atomic E-state index is -0.110. The zero-order chi connectivity index (χ0) is 33.1. The quantitative estimate of drug-likeness (QED) is 0.146. The van der Waals surface area contributed by atoms with Crippen LogP contribution in [0.3, 0.4) is 0 Å². The van der Waals surface area contributed by atoms with Crippen LogP contribution in [-0.2, 0) is 17.3 Å². The average molecular weight is 615 g/mol. The van der Waals surface area contributed by atoms with Gasteiger partial charge in [0, 0.05) is 51.9 Å². The molecule has 234 valence electrons. The molecule has 0 N–H and O–H groups in total. The van der Waals surface area contributed by atoms with Gasteiger partial charge in [-0.15, -0.1) is 0 Å². The van der Waals surface area contributed by atoms with Crippen molar-refractivity contribution >= 4 is 39.4 Å². The van der Waals surface area contributed by atoms with Crippen molar-refractivity contribution in [1.82, 2.24) is 9.97 Å². The second-order valence-electron chi connectivity index (χ2n) is 14.8. The molecule has 0 amide bonds. The van der Waals surface area contributed by atoms with Crippen LogP contribution in [0.1, 0.15) is 87.8 Å². The Kier molecular flexibility index (Phi) is 7.43. The largest absolute Gasteiger partial charge is 0.261 e. The fraction of sp³-hybridized carbons (Fsp3) is 0.256. The van der Waals surface area contributed by atoms with Gasteiger partial charge in [-0.2, -0.15) is 0 Å². The summed E-state index contributed by atoms with van der Waals surface area (Å²) < 4.78 is 0. The highest BCUT2D eigenvalue weighted by Crippen LogP contribution is 2.42. The van der Waals surface area contributed by atoms with Gasteiger partial charge in [0.1, 0.15) is 0 Å². The van der Waals surface area contributed by atoms with E-state index < -0.39 is 0 Å². The van der Waals surface area contributed by atoms with E-state index >= 15 is 0 Å². The molecule has 4 heterocycles. The number of fused-ring (bicyclic) bond motifs is 6. The lowest BCUT2D eigenvalue weighted by molar-refractivity contribution is 0.590. The van der Waals surface area contributed by atoms with Crippen LogP contribution in [0.2, 0.25) is 0 Å². The lowest BCUT2D eigenvalue weighted by Crippen LogP contribution is -2.16. The standard InChI is InChI=1S/C43H42N4/c1-9-36(44-10-2)32-21-28(42(3,4)5)23-34-30(32)25-31-33(37-13-11-12-20-45-37)22-29(43(6,7)8)24-35(31)39-19-17-27-15-14-26-16-18-38(34)46-40(26)41(27)47-39/h9-10,13-24H,1-2,11-12,25H2,3-8H3. The molecule has 0 aliphatic carbocycles. The monoisotopic (exact) mass is 614 g/mol. The van der Waals surface area contributed by atoms with Crippen molar-refractivity contribution in [2.24, 2.45) is 9.98 Å². The van der Waals surface area contributed by atoms with E-state index in [1.54, 1.807) is 6.20 Å². The summed E-state index contributed by atoms with van der Waals surface area (Å²) in [6.07, 6.45) is 10.4. The maximum Gasteiger partial charge on any atom is 0.0972 e. The van der Waals surface area contributed by atoms with Crippen molar-refractivity contribution in [3.05, 3.63) is 126 Å². The van der Waals surface area contributed by atoms with E-state index in [-0.39, 0.29) is 10.8 Å². The third-order valence-electron chi connectivity index (χ3n) is 9.50. The Morgan fingerprint density at radius 2 is 1.26 bits per heavy atom. The molecular formula is C43H42N4. The van der Waals surface area contributed by atoms with E-state index in [1.165, 1.54) is 16.7 Å². The van der Waals surface area contributed by atoms with Gasteiger partial charge in [-0.05, 0) is 88.4 Å². The zero-order valence-electron chi connectivity index (χ0n) is 28.4. The highest BCUT2D eigenvalue weighted by molar-refractivity contribution is 6.11. The lowest BCUT2D eigenvalue weighted by atomic mass is 9.78. The lowest BCUT2D eigenvalue weighted by Gasteiger charge is -2.27. The van der Waals surface area contributed by atoms with Crippen LogP contribution in [0.25, 0.3) is 50.0 Å². The number of hydrogen-bond donors (Lipinski definition) is 0. The van der Waals surface area contributed by atoms with Crippen LogP contribution in [0.5, 0.6) is 0 Å². The minimum absolute atomic E-state index is 0.0788. The Bertz CT molecular complexity index is 2210. The maximum atomic E-state index is 5.41. The summed E-state index contributed by atoms with van der Waals surface area (Å²) in [4.78, 5) is 20.5. The first-order chi connectivity index (χ1) is 22.5. The Balaban J connectivity index is 1.70. The Morgan fingerprint density at radius 1 is 0.702 bits per heavy atom. The van der Waals surface area contributed by atoms with Gasteiger partial charge < -0.3 is 0 Å². The molecule has 2 aromatic heterocycles. The first kappa shape index (κ1) is 30.7. The normalized spacial score (nSPS) is 14.7. The first-order valence-electron chi connectivity index (χ1n) is 16.6. The second-order valence-corrected chi connectivity index (χ2v) is 14.8. The van der Waals surface area contributed by atoms with Crippen LogP contribution in [0.15, 0.2) is 102 Å². The van der Waals surface area contributed by atoms with Crippen molar-refractivity contribution in [2.75, 3.05) is 0 Å². The van der Waals surface area contributed by atoms with Crippen molar-refractivity contribution in [2.45, 2.75) is 71.6 Å². The second kappa shape index (κ2) is 11.4. The fourth-order valence-corrected chi connectivity index (χ4v) is 6.77. The maximum absolute atomic E-state index is 5.41. The molecule has 5 aromatic rings. The third-order valence-corrected chi connectivity index (χ3v) is 9.50. The predicted octanol–water partition coefficient (Wildman–Crippen LogP) is 10.9. The molecule has 0 spiro atoms. The summed E-state index contributed by atoms with van der Waals surface area (Å²) in [5.41, 5.74) is 14.6. The molecule has 0 radical (unpaired) electrons. The van der Waals surface area contributed by atoms with Crippen molar-refractivity contribution in [1.29, 1.82) is 0 Å². The molecule has 0 saturated heterocycles. The third kappa shape index (κ3) is 5.46. The van der Waals surface area contributed by atoms with E-state index in [4.69, 9.17) is 20.0 Å². The molecule has 0 atom stereocenters. The van der Waals surface area contributed by atoms with Gasteiger partial charge in [-0.3, -0.25) is 9.98 Å². The summed E-state index contributed by atoms with van der Waals surface area (Å²) >= 11 is 0. The average Bonchev–Trinajstić information content (AvgIpc) is 3.07. The summed E-state index contributed by atoms with van der Waals surface area (Å²) in [7, 11) is 0. The van der Waals surface area contributed by atoms with Crippen LogP contribution in [-0.4, -0.2) is 21.9 Å². The molecule has 3 aromatic carbocycles. The van der Waals surface area contributed by atoms with E-state index in [2.05, 4.69) is 128 Å². The van der Waals surface area contributed by atoms with Crippen molar-refractivity contribution in [3.63, 3.8) is 0 Å². The van der Waals surface area contributed by atoms with Gasteiger partial charge >= 0.3 is 0 Å². The van der Waals surface area contributed by atoms with Crippen LogP contribution in [0.4, 0.5) is 0 Å². The highest BCUT2D eigenvalue weighted by atomic mass is 14.8. The van der Waals surface area contributed by atoms with Gasteiger partial charge in [-0.1, -0.05) is 85.0 Å². The predicted molar refractivity (Wildman–Crippen MR) is 201 cm³/mol. The molecule has 0 unspecified atom stereocenters. The first-order valence-corrected chi connectivity index (χ1v) is 16.6. The summed E-state index contributed by atoms with van der Waals surface area (Å²) in [5.74, 6) is 0. The fourth-order valence-electron chi connectivity index (χ4n) is 6.77. The SMILES string of the molecule is C=CN=C(C=C)c1cc(C(C)(C)C)cc2c1Cc1c(C3=CCCC=N3)cc(C(C)(C)C)cc1-c1ccc3ccc4ccc-2nc4c3n1. The number of allylic oxidation sites excluding steroid dienone is 2. The number of aromatic nitrogens is 2. The summed E-state index contributed by atoms with van der Waals surface area (Å²) in [5, 5.41) is 2.15. The van der Waals surface area contributed by atoms with Gasteiger partial charge in [-0.25, -0.2) is 9.97 Å². The number of pyridine rings is 2. The van der Waals surface area contributed by atoms with Crippen LogP contribution < -0.4 is 0 Å². The van der Waals surface area contributed by atoms with Crippen LogP contribution >= 0.6 is 0 Å². The topological polar surface area (TPSA) is 50.5 Å². The Hall–Kier alpha value is -4.96. The molecule has 4 heteroatoms. The van der Waals surface area contributed by atoms with Gasteiger partial charge in [0.05, 0.1) is 33.8 Å². The molecule has 4 nitrogen and oxygen atoms in total. The molecule has 2 aliphatic rings. The van der Waals surface area contributed by atoms with E-state index in [9.17, 15) is 0 Å². The number of hydrogen-bond acceptors (Lipinski definition) is 4. The number of rotatable bonds is 4. The van der Waals surface area contributed by atoms with Gasteiger partial charge in [0.15, 0.2) is 0 Å². The van der Waals surface area contributed by atoms with E-state index in [0.717, 1.165) is 85.3 Å². The summed E-state index contributed by atoms with van der Waals surface area (Å²) in [6, 6.07) is 22.3. The number of benzene rings is 3. The molecule has 0 saturated carbocycles. The Morgan fingerprint density at radius 3 is 1.79 bits per heavy atom. The zero-order valence-corrected chi connectivity index (χ0v) is 28.4. The van der Waals surface area contributed by atoms with E-state index in [0.29, 0.717) is 6.42 Å². The highest BCUT2D eigenvalue weighted by Gasteiger charge is 2.27. The Labute approximate surface area is 278 Å². The van der Waals surface area contributed by atoms with E-state index in [1.807, 2.05) is 6.08 Å². The smallest absolute Gasteiger partial charge is 0.0972 e. The number of nitrogens with zero attached hydrogens (tertiary/aromatic N) is 4. The van der Waals surface area contributed by atoms with Gasteiger partial charge in [0.2, 0.25) is 0 Å². The molecule has 0 fully saturated rings. The molecular weight excluding hydrogens is 573 g/mol. The number of aliphatic imine (C=N–C) groups is 2. The van der Waals surface area contributed by atoms with Crippen molar-refractivity contribution < 1.29 is 0 Å². The van der Waals surface area contributed by atoms with Gasteiger partial charge in [0.25, 0.3) is 0 Å². The summed E-state index contributed by atoms with van der Waals surface area (Å²) in [6.45, 7) is 21.7. The molecule has 47 heavy (non-hydrogen) atoms. The minimum Gasteiger partial charge on any atom is -0.261 e.